The topological polar surface area (TPSA) is 60.1 Å². The van der Waals surface area contributed by atoms with Gasteiger partial charge in [0.1, 0.15) is 11.9 Å². The van der Waals surface area contributed by atoms with Gasteiger partial charge in [0.05, 0.1) is 25.2 Å². The van der Waals surface area contributed by atoms with Crippen molar-refractivity contribution in [1.82, 2.24) is 5.32 Å². The second-order valence-electron chi connectivity index (χ2n) is 9.90. The molecule has 0 amide bonds. The minimum atomic E-state index is -0.0156. The monoisotopic (exact) mass is 399 g/mol. The maximum atomic E-state index is 12.7. The van der Waals surface area contributed by atoms with Crippen LogP contribution in [0.1, 0.15) is 44.6 Å². The van der Waals surface area contributed by atoms with Crippen molar-refractivity contribution in [3.63, 3.8) is 0 Å². The lowest BCUT2D eigenvalue weighted by Crippen LogP contribution is -2.51. The predicted molar refractivity (Wildman–Crippen MR) is 110 cm³/mol. The van der Waals surface area contributed by atoms with E-state index in [1.54, 1.807) is 7.11 Å². The molecule has 1 N–H and O–H groups in total. The molecule has 2 saturated carbocycles. The summed E-state index contributed by atoms with van der Waals surface area (Å²) in [6.07, 6.45) is 6.83. The first kappa shape index (κ1) is 19.4. The van der Waals surface area contributed by atoms with Crippen LogP contribution in [0.4, 0.5) is 0 Å². The van der Waals surface area contributed by atoms with Gasteiger partial charge < -0.3 is 19.5 Å². The van der Waals surface area contributed by atoms with E-state index in [0.29, 0.717) is 18.4 Å². The minimum absolute atomic E-state index is 0.00459. The van der Waals surface area contributed by atoms with E-state index in [-0.39, 0.29) is 29.0 Å². The first-order valence-corrected chi connectivity index (χ1v) is 11.2. The number of methoxy groups -OCH3 is 1. The molecule has 158 valence electrons. The third-order valence-corrected chi connectivity index (χ3v) is 8.19. The molecule has 0 bridgehead atoms. The number of carbonyl (C=O) groups excluding carboxylic acids is 1. The van der Waals surface area contributed by atoms with Crippen molar-refractivity contribution in [3.8, 4) is 5.75 Å². The van der Waals surface area contributed by atoms with E-state index in [2.05, 4.69) is 24.4 Å². The van der Waals surface area contributed by atoms with Gasteiger partial charge in [-0.25, -0.2) is 0 Å². The number of hydrogen-bond acceptors (Lipinski definition) is 5. The number of fused-ring (bicyclic) bond motifs is 3. The van der Waals surface area contributed by atoms with Crippen molar-refractivity contribution < 1.29 is 19.0 Å². The highest BCUT2D eigenvalue weighted by Gasteiger charge is 2.64. The zero-order chi connectivity index (χ0) is 20.1. The molecule has 5 nitrogen and oxygen atoms in total. The largest absolute Gasteiger partial charge is 0.497 e. The van der Waals surface area contributed by atoms with E-state index < -0.39 is 0 Å². The Morgan fingerprint density at radius 2 is 2.03 bits per heavy atom. The number of benzene rings is 1. The first-order chi connectivity index (χ1) is 14.0. The van der Waals surface area contributed by atoms with Crippen LogP contribution in [-0.2, 0) is 20.7 Å². The molecule has 1 spiro atoms. The molecule has 5 heteroatoms. The summed E-state index contributed by atoms with van der Waals surface area (Å²) in [5, 5.41) is 3.52. The lowest BCUT2D eigenvalue weighted by atomic mass is 9.53. The van der Waals surface area contributed by atoms with E-state index in [9.17, 15) is 4.79 Å². The van der Waals surface area contributed by atoms with Crippen LogP contribution in [0.5, 0.6) is 5.75 Å². The molecule has 4 aliphatic rings. The van der Waals surface area contributed by atoms with Gasteiger partial charge in [-0.15, -0.1) is 0 Å². The molecule has 1 aromatic carbocycles. The molecular formula is C24H33NO4. The van der Waals surface area contributed by atoms with Gasteiger partial charge in [-0.3, -0.25) is 4.79 Å². The number of rotatable bonds is 6. The Balaban J connectivity index is 1.18. The smallest absolute Gasteiger partial charge is 0.310 e. The summed E-state index contributed by atoms with van der Waals surface area (Å²) in [7, 11) is 1.68. The van der Waals surface area contributed by atoms with Gasteiger partial charge in [0.2, 0.25) is 0 Å². The van der Waals surface area contributed by atoms with Crippen molar-refractivity contribution in [2.75, 3.05) is 26.8 Å². The number of esters is 1. The summed E-state index contributed by atoms with van der Waals surface area (Å²) in [5.41, 5.74) is 1.66. The van der Waals surface area contributed by atoms with E-state index in [0.717, 1.165) is 38.2 Å². The van der Waals surface area contributed by atoms with Crippen molar-refractivity contribution in [2.24, 2.45) is 23.2 Å². The molecule has 6 atom stereocenters. The zero-order valence-electron chi connectivity index (χ0n) is 17.6. The Hall–Kier alpha value is -1.59. The van der Waals surface area contributed by atoms with E-state index >= 15 is 0 Å². The fourth-order valence-corrected chi connectivity index (χ4v) is 6.47. The number of nitrogens with one attached hydrogen (secondary N) is 1. The van der Waals surface area contributed by atoms with E-state index in [1.165, 1.54) is 24.8 Å². The van der Waals surface area contributed by atoms with Crippen molar-refractivity contribution in [2.45, 2.75) is 57.2 Å². The lowest BCUT2D eigenvalue weighted by molar-refractivity contribution is -0.147. The molecule has 2 saturated heterocycles. The Morgan fingerprint density at radius 3 is 2.76 bits per heavy atom. The standard InChI is InChI=1S/C24H33NO4/c1-23-9-3-10-24(15-28-24)21(23)12-18-19(22(26)29-20(18)13-23)14-25-11-8-16-4-6-17(27-2)7-5-16/h4-7,18-21,25H,3,8-15H2,1-2H3/t18-,19-,20+,21+,23+,24-/m0/s1. The van der Waals surface area contributed by atoms with Gasteiger partial charge in [-0.2, -0.15) is 0 Å². The molecule has 2 aliphatic heterocycles. The van der Waals surface area contributed by atoms with Gasteiger partial charge in [0.25, 0.3) is 0 Å². The molecule has 2 aliphatic carbocycles. The van der Waals surface area contributed by atoms with Crippen LogP contribution in [0, 0.1) is 23.2 Å². The van der Waals surface area contributed by atoms with Crippen LogP contribution in [0.25, 0.3) is 0 Å². The van der Waals surface area contributed by atoms with Gasteiger partial charge in [0, 0.05) is 12.5 Å². The van der Waals surface area contributed by atoms with Crippen molar-refractivity contribution in [3.05, 3.63) is 29.8 Å². The fraction of sp³-hybridized carbons (Fsp3) is 0.708. The highest BCUT2D eigenvalue weighted by molar-refractivity contribution is 5.75. The molecule has 29 heavy (non-hydrogen) atoms. The summed E-state index contributed by atoms with van der Waals surface area (Å²) in [5.74, 6) is 1.79. The van der Waals surface area contributed by atoms with E-state index in [4.69, 9.17) is 14.2 Å². The first-order valence-electron chi connectivity index (χ1n) is 11.2. The number of epoxide rings is 1. The Morgan fingerprint density at radius 1 is 1.24 bits per heavy atom. The molecule has 1 aromatic rings. The number of carbonyl (C=O) groups is 1. The van der Waals surface area contributed by atoms with Crippen LogP contribution in [0.15, 0.2) is 24.3 Å². The van der Waals surface area contributed by atoms with Gasteiger partial charge in [-0.05, 0) is 74.1 Å². The Kier molecular flexibility index (Phi) is 4.86. The molecule has 0 radical (unpaired) electrons. The van der Waals surface area contributed by atoms with Crippen LogP contribution < -0.4 is 10.1 Å². The SMILES string of the molecule is COc1ccc(CCNC[C@@H]2C(=O)O[C@@H]3C[C@@]4(C)CCC[C@]5(CO5)[C@@H]4C[C@@H]23)cc1. The van der Waals surface area contributed by atoms with Gasteiger partial charge in [-0.1, -0.05) is 19.1 Å². The maximum absolute atomic E-state index is 12.7. The third kappa shape index (κ3) is 3.46. The molecular weight excluding hydrogens is 366 g/mol. The number of ether oxygens (including phenoxy) is 3. The summed E-state index contributed by atoms with van der Waals surface area (Å²) in [6, 6.07) is 8.18. The van der Waals surface area contributed by atoms with Crippen LogP contribution >= 0.6 is 0 Å². The fourth-order valence-electron chi connectivity index (χ4n) is 6.47. The third-order valence-electron chi connectivity index (χ3n) is 8.19. The van der Waals surface area contributed by atoms with Crippen molar-refractivity contribution >= 4 is 5.97 Å². The van der Waals surface area contributed by atoms with E-state index in [1.807, 2.05) is 12.1 Å². The molecule has 4 fully saturated rings. The molecule has 2 heterocycles. The maximum Gasteiger partial charge on any atom is 0.310 e. The Labute approximate surface area is 173 Å². The molecule has 0 unspecified atom stereocenters. The van der Waals surface area contributed by atoms with Crippen LogP contribution in [-0.4, -0.2) is 44.5 Å². The lowest BCUT2D eigenvalue weighted by Gasteiger charge is -2.51. The van der Waals surface area contributed by atoms with Gasteiger partial charge >= 0.3 is 5.97 Å². The summed E-state index contributed by atoms with van der Waals surface area (Å²) in [4.78, 5) is 12.7. The highest BCUT2D eigenvalue weighted by Crippen LogP contribution is 2.62. The zero-order valence-corrected chi connectivity index (χ0v) is 17.6. The Bertz CT molecular complexity index is 759. The molecule has 0 aromatic heterocycles. The average molecular weight is 400 g/mol. The quantitative estimate of drug-likeness (QED) is 0.452. The summed E-state index contributed by atoms with van der Waals surface area (Å²) < 4.78 is 17.1. The normalized spacial score (nSPS) is 40.3. The summed E-state index contributed by atoms with van der Waals surface area (Å²) >= 11 is 0. The van der Waals surface area contributed by atoms with Crippen LogP contribution in [0.2, 0.25) is 0 Å². The van der Waals surface area contributed by atoms with Gasteiger partial charge in [0.15, 0.2) is 0 Å². The average Bonchev–Trinajstić information content (AvgIpc) is 3.41. The van der Waals surface area contributed by atoms with Crippen LogP contribution in [0.3, 0.4) is 0 Å². The van der Waals surface area contributed by atoms with Crippen molar-refractivity contribution in [1.29, 1.82) is 0 Å². The summed E-state index contributed by atoms with van der Waals surface area (Å²) in [6.45, 7) is 4.91. The number of hydrogen-bond donors (Lipinski definition) is 1. The highest BCUT2D eigenvalue weighted by atomic mass is 16.6. The second kappa shape index (κ2) is 7.28. The predicted octanol–water partition coefficient (Wildman–Crippen LogP) is 3.35. The molecule has 5 rings (SSSR count). The minimum Gasteiger partial charge on any atom is -0.497 e. The second-order valence-corrected chi connectivity index (χ2v) is 9.90.